The highest BCUT2D eigenvalue weighted by Gasteiger charge is 2.30. The minimum atomic E-state index is -4.52. The van der Waals surface area contributed by atoms with Crippen LogP contribution in [0.5, 0.6) is 0 Å². The van der Waals surface area contributed by atoms with E-state index in [1.165, 1.54) is 28.6 Å². The first-order valence-corrected chi connectivity index (χ1v) is 10.4. The number of nitrogens with zero attached hydrogens (tertiary/aromatic N) is 3. The number of nitro benzene ring substituents is 1. The molecule has 0 bridgehead atoms. The molecule has 3 rings (SSSR count). The molecule has 0 saturated carbocycles. The summed E-state index contributed by atoms with van der Waals surface area (Å²) in [6.45, 7) is 0.727. The highest BCUT2D eigenvalue weighted by Crippen LogP contribution is 2.30. The van der Waals surface area contributed by atoms with Gasteiger partial charge in [0.1, 0.15) is 5.69 Å². The van der Waals surface area contributed by atoms with Crippen LogP contribution in [0.1, 0.15) is 11.1 Å². The SMILES string of the molecule is O=[N+]([O-])c1cc(S(=O)(=O)N2CCOCC2)ccc1N/N=C/c1cccc(C(F)(F)F)c1. The first-order chi connectivity index (χ1) is 14.6. The normalized spacial score (nSPS) is 15.8. The summed E-state index contributed by atoms with van der Waals surface area (Å²) in [4.78, 5) is 10.4. The van der Waals surface area contributed by atoms with Gasteiger partial charge in [-0.25, -0.2) is 8.42 Å². The van der Waals surface area contributed by atoms with E-state index in [2.05, 4.69) is 10.5 Å². The lowest BCUT2D eigenvalue weighted by Gasteiger charge is -2.26. The number of alkyl halides is 3. The van der Waals surface area contributed by atoms with Crippen LogP contribution in [0.3, 0.4) is 0 Å². The number of anilines is 1. The molecule has 166 valence electrons. The standard InChI is InChI=1S/C18H17F3N4O5S/c19-18(20,21)14-3-1-2-13(10-14)12-22-23-16-5-4-15(11-17(16)25(26)27)31(28,29)24-6-8-30-9-7-24/h1-5,10-12,23H,6-9H2/b22-12+. The van der Waals surface area contributed by atoms with Crippen LogP contribution < -0.4 is 5.43 Å². The second kappa shape index (κ2) is 8.99. The number of morpholine rings is 1. The Kier molecular flexibility index (Phi) is 6.57. The van der Waals surface area contributed by atoms with Crippen LogP contribution in [0.25, 0.3) is 0 Å². The number of hydrogen-bond donors (Lipinski definition) is 1. The third-order valence-corrected chi connectivity index (χ3v) is 6.28. The Bertz CT molecular complexity index is 1100. The van der Waals surface area contributed by atoms with Crippen LogP contribution in [-0.4, -0.2) is 50.2 Å². The number of halogens is 3. The van der Waals surface area contributed by atoms with E-state index in [0.29, 0.717) is 0 Å². The predicted molar refractivity (Wildman–Crippen MR) is 105 cm³/mol. The lowest BCUT2D eigenvalue weighted by atomic mass is 10.1. The van der Waals surface area contributed by atoms with E-state index in [9.17, 15) is 31.7 Å². The number of nitro groups is 1. The molecule has 0 aliphatic carbocycles. The third-order valence-electron chi connectivity index (χ3n) is 4.39. The topological polar surface area (TPSA) is 114 Å². The molecule has 0 unspecified atom stereocenters. The maximum atomic E-state index is 12.8. The summed E-state index contributed by atoms with van der Waals surface area (Å²) in [7, 11) is -3.94. The van der Waals surface area contributed by atoms with Gasteiger partial charge in [0.05, 0.1) is 34.8 Å². The van der Waals surface area contributed by atoms with Gasteiger partial charge < -0.3 is 4.74 Å². The first-order valence-electron chi connectivity index (χ1n) is 8.92. The van der Waals surface area contributed by atoms with Gasteiger partial charge in [0.25, 0.3) is 5.69 Å². The van der Waals surface area contributed by atoms with Crippen molar-refractivity contribution in [3.63, 3.8) is 0 Å². The molecule has 1 N–H and O–H groups in total. The molecule has 2 aromatic carbocycles. The average Bonchev–Trinajstić information content (AvgIpc) is 2.74. The fraction of sp³-hybridized carbons (Fsp3) is 0.278. The van der Waals surface area contributed by atoms with Crippen molar-refractivity contribution in [1.29, 1.82) is 0 Å². The van der Waals surface area contributed by atoms with Gasteiger partial charge in [-0.1, -0.05) is 12.1 Å². The van der Waals surface area contributed by atoms with Crippen molar-refractivity contribution in [1.82, 2.24) is 4.31 Å². The van der Waals surface area contributed by atoms with Crippen LogP contribution in [0.4, 0.5) is 24.5 Å². The van der Waals surface area contributed by atoms with Gasteiger partial charge in [0, 0.05) is 19.2 Å². The molecule has 0 spiro atoms. The van der Waals surface area contributed by atoms with Gasteiger partial charge in [-0.15, -0.1) is 0 Å². The van der Waals surface area contributed by atoms with Gasteiger partial charge in [-0.05, 0) is 29.8 Å². The van der Waals surface area contributed by atoms with Crippen molar-refractivity contribution < 1.29 is 31.2 Å². The zero-order chi connectivity index (χ0) is 22.6. The smallest absolute Gasteiger partial charge is 0.379 e. The molecule has 9 nitrogen and oxygen atoms in total. The highest BCUT2D eigenvalue weighted by atomic mass is 32.2. The number of ether oxygens (including phenoxy) is 1. The van der Waals surface area contributed by atoms with Crippen molar-refractivity contribution in [3.05, 3.63) is 63.7 Å². The van der Waals surface area contributed by atoms with Crippen LogP contribution in [-0.2, 0) is 20.9 Å². The van der Waals surface area contributed by atoms with Gasteiger partial charge in [-0.2, -0.15) is 22.6 Å². The molecule has 31 heavy (non-hydrogen) atoms. The lowest BCUT2D eigenvalue weighted by Crippen LogP contribution is -2.40. The van der Waals surface area contributed by atoms with Crippen LogP contribution in [0.2, 0.25) is 0 Å². The summed E-state index contributed by atoms with van der Waals surface area (Å²) >= 11 is 0. The minimum absolute atomic E-state index is 0.117. The highest BCUT2D eigenvalue weighted by molar-refractivity contribution is 7.89. The van der Waals surface area contributed by atoms with Crippen molar-refractivity contribution in [3.8, 4) is 0 Å². The summed E-state index contributed by atoms with van der Waals surface area (Å²) in [5, 5.41) is 15.2. The maximum Gasteiger partial charge on any atom is 0.416 e. The average molecular weight is 458 g/mol. The van der Waals surface area contributed by atoms with Gasteiger partial charge in [0.2, 0.25) is 10.0 Å². The fourth-order valence-electron chi connectivity index (χ4n) is 2.83. The van der Waals surface area contributed by atoms with Crippen molar-refractivity contribution in [2.45, 2.75) is 11.1 Å². The van der Waals surface area contributed by atoms with E-state index >= 15 is 0 Å². The van der Waals surface area contributed by atoms with E-state index in [1.54, 1.807) is 0 Å². The Morgan fingerprint density at radius 2 is 1.87 bits per heavy atom. The second-order valence-corrected chi connectivity index (χ2v) is 8.38. The summed E-state index contributed by atoms with van der Waals surface area (Å²) in [5.41, 5.74) is 0.976. The monoisotopic (exact) mass is 458 g/mol. The molecule has 1 fully saturated rings. The first kappa shape index (κ1) is 22.7. The third kappa shape index (κ3) is 5.37. The molecule has 13 heteroatoms. The number of benzene rings is 2. The van der Waals surface area contributed by atoms with Gasteiger partial charge >= 0.3 is 6.18 Å². The molecule has 2 aromatic rings. The maximum absolute atomic E-state index is 12.8. The fourth-order valence-corrected chi connectivity index (χ4v) is 4.25. The predicted octanol–water partition coefficient (Wildman–Crippen LogP) is 3.08. The van der Waals surface area contributed by atoms with Gasteiger partial charge in [0.15, 0.2) is 0 Å². The number of sulfonamides is 1. The number of rotatable bonds is 6. The van der Waals surface area contributed by atoms with E-state index < -0.39 is 32.4 Å². The summed E-state index contributed by atoms with van der Waals surface area (Å²) < 4.78 is 70.0. The summed E-state index contributed by atoms with van der Waals surface area (Å²) in [5.74, 6) is 0. The zero-order valence-electron chi connectivity index (χ0n) is 15.9. The molecule has 0 amide bonds. The van der Waals surface area contributed by atoms with E-state index in [0.717, 1.165) is 24.4 Å². The Balaban J connectivity index is 1.82. The Hall–Kier alpha value is -3.03. The molecule has 0 aromatic heterocycles. The molecule has 0 radical (unpaired) electrons. The zero-order valence-corrected chi connectivity index (χ0v) is 16.7. The molecule has 1 aliphatic rings. The molecule has 1 saturated heterocycles. The second-order valence-electron chi connectivity index (χ2n) is 6.45. The van der Waals surface area contributed by atoms with Gasteiger partial charge in [-0.3, -0.25) is 15.5 Å². The van der Waals surface area contributed by atoms with Crippen LogP contribution >= 0.6 is 0 Å². The Morgan fingerprint density at radius 3 is 2.52 bits per heavy atom. The van der Waals surface area contributed by atoms with Crippen LogP contribution in [0, 0.1) is 10.1 Å². The lowest BCUT2D eigenvalue weighted by molar-refractivity contribution is -0.384. The van der Waals surface area contributed by atoms with Crippen molar-refractivity contribution >= 4 is 27.6 Å². The molecule has 0 atom stereocenters. The Labute approximate surface area is 175 Å². The largest absolute Gasteiger partial charge is 0.416 e. The number of hydrazone groups is 1. The van der Waals surface area contributed by atoms with E-state index in [-0.39, 0.29) is 42.4 Å². The van der Waals surface area contributed by atoms with Crippen LogP contribution in [0.15, 0.2) is 52.5 Å². The minimum Gasteiger partial charge on any atom is -0.379 e. The van der Waals surface area contributed by atoms with E-state index in [1.807, 2.05) is 0 Å². The quantitative estimate of drug-likeness (QED) is 0.404. The molecule has 1 heterocycles. The number of hydrogen-bond acceptors (Lipinski definition) is 7. The molecule has 1 aliphatic heterocycles. The number of nitrogens with one attached hydrogen (secondary N) is 1. The molecular weight excluding hydrogens is 441 g/mol. The Morgan fingerprint density at radius 1 is 1.16 bits per heavy atom. The van der Waals surface area contributed by atoms with Crippen molar-refractivity contribution in [2.24, 2.45) is 5.10 Å². The molecular formula is C18H17F3N4O5S. The van der Waals surface area contributed by atoms with E-state index in [4.69, 9.17) is 4.74 Å². The van der Waals surface area contributed by atoms with Crippen molar-refractivity contribution in [2.75, 3.05) is 31.7 Å². The summed E-state index contributed by atoms with van der Waals surface area (Å²) in [6.07, 6.45) is -3.45. The summed E-state index contributed by atoms with van der Waals surface area (Å²) in [6, 6.07) is 7.65.